The van der Waals surface area contributed by atoms with Gasteiger partial charge in [-0.05, 0) is 30.7 Å². The molecule has 2 N–H and O–H groups in total. The molecular formula is C13H15N3O2. The van der Waals surface area contributed by atoms with Gasteiger partial charge in [0.2, 0.25) is 0 Å². The van der Waals surface area contributed by atoms with E-state index < -0.39 is 0 Å². The third-order valence-electron chi connectivity index (χ3n) is 2.81. The van der Waals surface area contributed by atoms with E-state index in [2.05, 4.69) is 15.5 Å². The van der Waals surface area contributed by atoms with Crippen LogP contribution in [0.3, 0.4) is 0 Å². The number of hydrogen-bond donors (Lipinski definition) is 2. The van der Waals surface area contributed by atoms with Crippen LogP contribution in [0.25, 0.3) is 11.3 Å². The molecule has 1 amide bonds. The molecule has 5 heteroatoms. The maximum atomic E-state index is 11.8. The van der Waals surface area contributed by atoms with Crippen LogP contribution in [0.4, 0.5) is 0 Å². The molecule has 1 aromatic carbocycles. The highest BCUT2D eigenvalue weighted by Crippen LogP contribution is 2.29. The Bertz CT molecular complexity index is 562. The maximum absolute atomic E-state index is 11.8. The second-order valence-corrected chi connectivity index (χ2v) is 3.92. The molecule has 94 valence electrons. The van der Waals surface area contributed by atoms with Crippen LogP contribution < -0.4 is 10.1 Å². The molecule has 0 atom stereocenters. The van der Waals surface area contributed by atoms with Gasteiger partial charge in [-0.15, -0.1) is 0 Å². The van der Waals surface area contributed by atoms with Crippen LogP contribution in [0.15, 0.2) is 24.4 Å². The molecule has 0 aliphatic carbocycles. The van der Waals surface area contributed by atoms with Gasteiger partial charge in [-0.1, -0.05) is 0 Å². The summed E-state index contributed by atoms with van der Waals surface area (Å²) in [4.78, 5) is 11.8. The van der Waals surface area contributed by atoms with Crippen molar-refractivity contribution in [2.24, 2.45) is 0 Å². The second-order valence-electron chi connectivity index (χ2n) is 3.92. The van der Waals surface area contributed by atoms with E-state index in [9.17, 15) is 4.79 Å². The Hall–Kier alpha value is -2.30. The third-order valence-corrected chi connectivity index (χ3v) is 2.81. The Labute approximate surface area is 105 Å². The number of aromatic nitrogens is 2. The number of amides is 1. The van der Waals surface area contributed by atoms with E-state index in [1.807, 2.05) is 19.1 Å². The lowest BCUT2D eigenvalue weighted by Gasteiger charge is -2.11. The first-order valence-electron chi connectivity index (χ1n) is 5.58. The van der Waals surface area contributed by atoms with Crippen molar-refractivity contribution in [3.63, 3.8) is 0 Å². The number of nitrogens with zero attached hydrogens (tertiary/aromatic N) is 1. The fourth-order valence-corrected chi connectivity index (χ4v) is 1.86. The Kier molecular flexibility index (Phi) is 3.32. The normalized spacial score (nSPS) is 10.2. The number of ether oxygens (including phenoxy) is 1. The Morgan fingerprint density at radius 2 is 2.22 bits per heavy atom. The molecule has 0 saturated heterocycles. The summed E-state index contributed by atoms with van der Waals surface area (Å²) in [5.74, 6) is 0.391. The molecule has 0 unspecified atom stereocenters. The third kappa shape index (κ3) is 2.07. The molecular weight excluding hydrogens is 230 g/mol. The van der Waals surface area contributed by atoms with Crippen LogP contribution in [0, 0.1) is 6.92 Å². The summed E-state index contributed by atoms with van der Waals surface area (Å²) < 4.78 is 5.23. The molecule has 0 radical (unpaired) electrons. The number of nitrogens with one attached hydrogen (secondary N) is 2. The van der Waals surface area contributed by atoms with Crippen molar-refractivity contribution in [2.45, 2.75) is 6.92 Å². The first-order valence-corrected chi connectivity index (χ1v) is 5.58. The molecule has 1 heterocycles. The Morgan fingerprint density at radius 3 is 2.78 bits per heavy atom. The van der Waals surface area contributed by atoms with Crippen molar-refractivity contribution < 1.29 is 9.53 Å². The molecule has 0 spiro atoms. The van der Waals surface area contributed by atoms with Gasteiger partial charge in [0.15, 0.2) is 0 Å². The highest BCUT2D eigenvalue weighted by Gasteiger charge is 2.15. The molecule has 5 nitrogen and oxygen atoms in total. The van der Waals surface area contributed by atoms with Crippen molar-refractivity contribution in [1.29, 1.82) is 0 Å². The molecule has 0 aliphatic rings. The number of hydrogen-bond acceptors (Lipinski definition) is 3. The smallest absolute Gasteiger partial charge is 0.254 e. The number of carbonyl (C=O) groups is 1. The summed E-state index contributed by atoms with van der Waals surface area (Å²) in [6, 6.07) is 5.52. The van der Waals surface area contributed by atoms with Crippen LogP contribution >= 0.6 is 0 Å². The molecule has 0 fully saturated rings. The highest BCUT2D eigenvalue weighted by atomic mass is 16.5. The van der Waals surface area contributed by atoms with Crippen LogP contribution in [-0.2, 0) is 0 Å². The molecule has 0 aliphatic heterocycles. The zero-order valence-electron chi connectivity index (χ0n) is 10.6. The number of aromatic amines is 1. The predicted octanol–water partition coefficient (Wildman–Crippen LogP) is 1.75. The van der Waals surface area contributed by atoms with Gasteiger partial charge in [0, 0.05) is 18.8 Å². The Balaban J connectivity index is 2.59. The first-order chi connectivity index (χ1) is 8.67. The van der Waals surface area contributed by atoms with E-state index in [-0.39, 0.29) is 5.91 Å². The molecule has 0 saturated carbocycles. The van der Waals surface area contributed by atoms with Crippen molar-refractivity contribution in [3.05, 3.63) is 35.5 Å². The van der Waals surface area contributed by atoms with E-state index in [1.165, 1.54) is 0 Å². The van der Waals surface area contributed by atoms with Crippen LogP contribution in [0.5, 0.6) is 5.75 Å². The summed E-state index contributed by atoms with van der Waals surface area (Å²) in [5.41, 5.74) is 3.34. The summed E-state index contributed by atoms with van der Waals surface area (Å²) >= 11 is 0. The van der Waals surface area contributed by atoms with E-state index in [1.54, 1.807) is 26.4 Å². The van der Waals surface area contributed by atoms with Gasteiger partial charge < -0.3 is 10.1 Å². The zero-order valence-corrected chi connectivity index (χ0v) is 10.6. The average Bonchev–Trinajstić information content (AvgIpc) is 2.91. The van der Waals surface area contributed by atoms with Gasteiger partial charge in [0.1, 0.15) is 5.75 Å². The van der Waals surface area contributed by atoms with E-state index in [4.69, 9.17) is 4.74 Å². The van der Waals surface area contributed by atoms with Crippen LogP contribution in [0.2, 0.25) is 0 Å². The Morgan fingerprint density at radius 1 is 1.44 bits per heavy atom. The van der Waals surface area contributed by atoms with Crippen molar-refractivity contribution in [3.8, 4) is 17.0 Å². The summed E-state index contributed by atoms with van der Waals surface area (Å²) in [7, 11) is 3.15. The standard InChI is InChI=1S/C13H15N3O2/c1-8-6-12(18-3)10(13(17)14-2)7-9(8)11-4-5-15-16-11/h4-7H,1-3H3,(H,14,17)(H,15,16). The number of carbonyl (C=O) groups excluding carboxylic acids is 1. The lowest BCUT2D eigenvalue weighted by molar-refractivity contribution is 0.0960. The minimum Gasteiger partial charge on any atom is -0.496 e. The van der Waals surface area contributed by atoms with E-state index in [0.717, 1.165) is 16.8 Å². The van der Waals surface area contributed by atoms with Gasteiger partial charge in [-0.25, -0.2) is 0 Å². The summed E-state index contributed by atoms with van der Waals surface area (Å²) in [6.07, 6.45) is 1.68. The lowest BCUT2D eigenvalue weighted by atomic mass is 10.0. The minimum absolute atomic E-state index is 0.174. The molecule has 18 heavy (non-hydrogen) atoms. The number of H-pyrrole nitrogens is 1. The van der Waals surface area contributed by atoms with Gasteiger partial charge in [0.25, 0.3) is 5.91 Å². The minimum atomic E-state index is -0.174. The number of rotatable bonds is 3. The van der Waals surface area contributed by atoms with Crippen molar-refractivity contribution in [2.75, 3.05) is 14.2 Å². The second kappa shape index (κ2) is 4.91. The van der Waals surface area contributed by atoms with E-state index in [0.29, 0.717) is 11.3 Å². The predicted molar refractivity (Wildman–Crippen MR) is 68.7 cm³/mol. The van der Waals surface area contributed by atoms with Gasteiger partial charge in [0.05, 0.1) is 18.4 Å². The number of benzene rings is 1. The van der Waals surface area contributed by atoms with Gasteiger partial charge in [-0.3, -0.25) is 9.89 Å². The van der Waals surface area contributed by atoms with E-state index >= 15 is 0 Å². The summed E-state index contributed by atoms with van der Waals surface area (Å²) in [6.45, 7) is 1.96. The highest BCUT2D eigenvalue weighted by molar-refractivity contribution is 5.98. The first kappa shape index (κ1) is 12.2. The molecule has 2 rings (SSSR count). The molecule has 0 bridgehead atoms. The topological polar surface area (TPSA) is 67.0 Å². The molecule has 2 aromatic rings. The lowest BCUT2D eigenvalue weighted by Crippen LogP contribution is -2.19. The number of aryl methyl sites for hydroxylation is 1. The van der Waals surface area contributed by atoms with Crippen molar-refractivity contribution in [1.82, 2.24) is 15.5 Å². The van der Waals surface area contributed by atoms with Crippen LogP contribution in [0.1, 0.15) is 15.9 Å². The SMILES string of the molecule is CNC(=O)c1cc(-c2ccn[nH]2)c(C)cc1OC. The maximum Gasteiger partial charge on any atom is 0.254 e. The number of methoxy groups -OCH3 is 1. The van der Waals surface area contributed by atoms with Crippen molar-refractivity contribution >= 4 is 5.91 Å². The fourth-order valence-electron chi connectivity index (χ4n) is 1.86. The van der Waals surface area contributed by atoms with Crippen LogP contribution in [-0.4, -0.2) is 30.3 Å². The summed E-state index contributed by atoms with van der Waals surface area (Å²) in [5, 5.41) is 9.42. The fraction of sp³-hybridized carbons (Fsp3) is 0.231. The molecule has 1 aromatic heterocycles. The van der Waals surface area contributed by atoms with Gasteiger partial charge in [-0.2, -0.15) is 5.10 Å². The quantitative estimate of drug-likeness (QED) is 0.865. The van der Waals surface area contributed by atoms with Gasteiger partial charge >= 0.3 is 0 Å². The zero-order chi connectivity index (χ0) is 13.1. The largest absolute Gasteiger partial charge is 0.496 e. The average molecular weight is 245 g/mol. The monoisotopic (exact) mass is 245 g/mol.